The molecule has 0 saturated carbocycles. The van der Waals surface area contributed by atoms with E-state index in [1.165, 1.54) is 6.33 Å². The SMILES string of the molecule is CC(C)C#Cc1nc(Cl)c2[nH]cnc2n1. The summed E-state index contributed by atoms with van der Waals surface area (Å²) in [5.74, 6) is 6.52. The summed E-state index contributed by atoms with van der Waals surface area (Å²) in [7, 11) is 0. The van der Waals surface area contributed by atoms with Crippen LogP contribution in [0.25, 0.3) is 11.2 Å². The fourth-order valence-corrected chi connectivity index (χ4v) is 1.28. The molecule has 15 heavy (non-hydrogen) atoms. The molecule has 0 bridgehead atoms. The Bertz CT molecular complexity index is 547. The molecule has 0 aliphatic rings. The van der Waals surface area contributed by atoms with Gasteiger partial charge in [0, 0.05) is 5.92 Å². The summed E-state index contributed by atoms with van der Waals surface area (Å²) < 4.78 is 0. The molecule has 2 rings (SSSR count). The summed E-state index contributed by atoms with van der Waals surface area (Å²) >= 11 is 5.93. The van der Waals surface area contributed by atoms with Crippen LogP contribution in [0.15, 0.2) is 6.33 Å². The van der Waals surface area contributed by atoms with E-state index in [9.17, 15) is 0 Å². The van der Waals surface area contributed by atoms with E-state index in [1.54, 1.807) is 0 Å². The van der Waals surface area contributed by atoms with Crippen LogP contribution < -0.4 is 0 Å². The summed E-state index contributed by atoms with van der Waals surface area (Å²) in [6.45, 7) is 4.00. The average molecular weight is 221 g/mol. The van der Waals surface area contributed by atoms with Gasteiger partial charge in [-0.3, -0.25) is 0 Å². The van der Waals surface area contributed by atoms with Crippen molar-refractivity contribution in [1.82, 2.24) is 19.9 Å². The van der Waals surface area contributed by atoms with Crippen molar-refractivity contribution < 1.29 is 0 Å². The second-order valence-electron chi connectivity index (χ2n) is 3.36. The van der Waals surface area contributed by atoms with Crippen LogP contribution in [0.3, 0.4) is 0 Å². The van der Waals surface area contributed by atoms with Crippen LogP contribution in [0.4, 0.5) is 0 Å². The molecule has 0 saturated heterocycles. The van der Waals surface area contributed by atoms with Crippen LogP contribution in [0.2, 0.25) is 5.15 Å². The number of nitrogens with one attached hydrogen (secondary N) is 1. The third kappa shape index (κ3) is 2.08. The maximum atomic E-state index is 5.93. The highest BCUT2D eigenvalue weighted by atomic mass is 35.5. The van der Waals surface area contributed by atoms with Crippen LogP contribution >= 0.6 is 11.6 Å². The number of aromatic amines is 1. The van der Waals surface area contributed by atoms with Crippen molar-refractivity contribution in [3.63, 3.8) is 0 Å². The van der Waals surface area contributed by atoms with Crippen LogP contribution in [0.5, 0.6) is 0 Å². The molecular weight excluding hydrogens is 212 g/mol. The quantitative estimate of drug-likeness (QED) is 0.546. The highest BCUT2D eigenvalue weighted by Crippen LogP contribution is 2.15. The fraction of sp³-hybridized carbons (Fsp3) is 0.300. The van der Waals surface area contributed by atoms with Crippen LogP contribution in [0.1, 0.15) is 19.7 Å². The zero-order valence-corrected chi connectivity index (χ0v) is 9.13. The Labute approximate surface area is 92.1 Å². The number of halogens is 1. The molecule has 0 unspecified atom stereocenters. The second kappa shape index (κ2) is 3.87. The molecule has 0 spiro atoms. The van der Waals surface area contributed by atoms with Gasteiger partial charge in [-0.2, -0.15) is 4.98 Å². The van der Waals surface area contributed by atoms with Gasteiger partial charge in [0.2, 0.25) is 5.82 Å². The van der Waals surface area contributed by atoms with Crippen molar-refractivity contribution in [3.05, 3.63) is 17.3 Å². The maximum absolute atomic E-state index is 5.93. The standard InChI is InChI=1S/C10H9ClN4/c1-6(2)3-4-7-14-9(11)8-10(15-7)13-5-12-8/h5-6H,1-2H3,(H,12,13,14,15). The van der Waals surface area contributed by atoms with Crippen LogP contribution in [-0.4, -0.2) is 19.9 Å². The van der Waals surface area contributed by atoms with E-state index in [4.69, 9.17) is 11.6 Å². The summed E-state index contributed by atoms with van der Waals surface area (Å²) in [5, 5.41) is 0.352. The molecule has 2 aromatic heterocycles. The van der Waals surface area contributed by atoms with Crippen molar-refractivity contribution in [2.24, 2.45) is 5.92 Å². The van der Waals surface area contributed by atoms with E-state index in [0.29, 0.717) is 22.1 Å². The third-order valence-electron chi connectivity index (χ3n) is 1.71. The van der Waals surface area contributed by atoms with Crippen molar-refractivity contribution in [3.8, 4) is 11.8 Å². The number of nitrogens with zero attached hydrogens (tertiary/aromatic N) is 3. The molecule has 4 nitrogen and oxygen atoms in total. The summed E-state index contributed by atoms with van der Waals surface area (Å²) in [6, 6.07) is 0. The minimum atomic E-state index is 0.280. The minimum absolute atomic E-state index is 0.280. The number of aromatic nitrogens is 4. The van der Waals surface area contributed by atoms with Gasteiger partial charge in [-0.1, -0.05) is 31.4 Å². The number of fused-ring (bicyclic) bond motifs is 1. The lowest BCUT2D eigenvalue weighted by atomic mass is 10.2. The van der Waals surface area contributed by atoms with Crippen molar-refractivity contribution in [2.45, 2.75) is 13.8 Å². The Morgan fingerprint density at radius 3 is 2.93 bits per heavy atom. The zero-order chi connectivity index (χ0) is 10.8. The molecule has 0 aliphatic heterocycles. The van der Waals surface area contributed by atoms with Crippen molar-refractivity contribution >= 4 is 22.8 Å². The first kappa shape index (κ1) is 9.94. The van der Waals surface area contributed by atoms with E-state index in [0.717, 1.165) is 0 Å². The van der Waals surface area contributed by atoms with Crippen molar-refractivity contribution in [2.75, 3.05) is 0 Å². The Hall–Kier alpha value is -1.60. The molecule has 0 aromatic carbocycles. The maximum Gasteiger partial charge on any atom is 0.208 e. The lowest BCUT2D eigenvalue weighted by Gasteiger charge is -1.93. The molecule has 0 amide bonds. The predicted octanol–water partition coefficient (Wildman–Crippen LogP) is 2.01. The Morgan fingerprint density at radius 1 is 1.40 bits per heavy atom. The molecule has 0 radical (unpaired) electrons. The number of rotatable bonds is 0. The molecule has 5 heteroatoms. The van der Waals surface area contributed by atoms with E-state index in [-0.39, 0.29) is 5.92 Å². The van der Waals surface area contributed by atoms with Gasteiger partial charge < -0.3 is 4.98 Å². The monoisotopic (exact) mass is 220 g/mol. The third-order valence-corrected chi connectivity index (χ3v) is 1.99. The summed E-state index contributed by atoms with van der Waals surface area (Å²) in [4.78, 5) is 15.1. The van der Waals surface area contributed by atoms with Gasteiger partial charge in [-0.05, 0) is 5.92 Å². The van der Waals surface area contributed by atoms with E-state index in [2.05, 4.69) is 31.8 Å². The molecule has 76 valence electrons. The zero-order valence-electron chi connectivity index (χ0n) is 8.37. The van der Waals surface area contributed by atoms with Gasteiger partial charge in [-0.25, -0.2) is 9.97 Å². The van der Waals surface area contributed by atoms with Gasteiger partial charge in [0.05, 0.1) is 6.33 Å². The van der Waals surface area contributed by atoms with Gasteiger partial charge in [0.1, 0.15) is 5.52 Å². The molecule has 2 aromatic rings. The van der Waals surface area contributed by atoms with Crippen LogP contribution in [0, 0.1) is 17.8 Å². The molecule has 0 aliphatic carbocycles. The van der Waals surface area contributed by atoms with E-state index < -0.39 is 0 Å². The largest absolute Gasteiger partial charge is 0.341 e. The number of H-pyrrole nitrogens is 1. The molecule has 1 N–H and O–H groups in total. The first-order chi connectivity index (χ1) is 7.16. The predicted molar refractivity (Wildman–Crippen MR) is 58.4 cm³/mol. The summed E-state index contributed by atoms with van der Waals surface area (Å²) in [5.41, 5.74) is 1.19. The Kier molecular flexibility index (Phi) is 2.57. The number of hydrogen-bond donors (Lipinski definition) is 1. The number of imidazole rings is 1. The second-order valence-corrected chi connectivity index (χ2v) is 3.72. The van der Waals surface area contributed by atoms with Gasteiger partial charge in [-0.15, -0.1) is 0 Å². The average Bonchev–Trinajstić information content (AvgIpc) is 2.63. The fourth-order valence-electron chi connectivity index (χ4n) is 1.06. The van der Waals surface area contributed by atoms with Gasteiger partial charge >= 0.3 is 0 Å². The smallest absolute Gasteiger partial charge is 0.208 e. The highest BCUT2D eigenvalue weighted by Gasteiger charge is 2.05. The van der Waals surface area contributed by atoms with E-state index in [1.807, 2.05) is 13.8 Å². The first-order valence-electron chi connectivity index (χ1n) is 4.55. The van der Waals surface area contributed by atoms with Crippen molar-refractivity contribution in [1.29, 1.82) is 0 Å². The lowest BCUT2D eigenvalue weighted by molar-refractivity contribution is 0.866. The Morgan fingerprint density at radius 2 is 2.20 bits per heavy atom. The molecular formula is C10H9ClN4. The van der Waals surface area contributed by atoms with Gasteiger partial charge in [0.15, 0.2) is 10.8 Å². The molecule has 0 fully saturated rings. The normalized spacial score (nSPS) is 10.4. The Balaban J connectivity index is 2.51. The lowest BCUT2D eigenvalue weighted by Crippen LogP contribution is -1.92. The van der Waals surface area contributed by atoms with Crippen LogP contribution in [-0.2, 0) is 0 Å². The van der Waals surface area contributed by atoms with Gasteiger partial charge in [0.25, 0.3) is 0 Å². The van der Waals surface area contributed by atoms with E-state index >= 15 is 0 Å². The summed E-state index contributed by atoms with van der Waals surface area (Å²) in [6.07, 6.45) is 1.53. The minimum Gasteiger partial charge on any atom is -0.341 e. The number of hydrogen-bond acceptors (Lipinski definition) is 3. The highest BCUT2D eigenvalue weighted by molar-refractivity contribution is 6.33. The topological polar surface area (TPSA) is 54.5 Å². The first-order valence-corrected chi connectivity index (χ1v) is 4.93. The molecule has 0 atom stereocenters. The molecule has 2 heterocycles.